The maximum atomic E-state index is 4.03. The Morgan fingerprint density at radius 1 is 1.31 bits per heavy atom. The highest BCUT2D eigenvalue weighted by molar-refractivity contribution is 5.09. The van der Waals surface area contributed by atoms with Gasteiger partial charge in [-0.15, -0.1) is 0 Å². The Hall–Kier alpha value is -0.890. The van der Waals surface area contributed by atoms with E-state index in [1.54, 1.807) is 0 Å². The topological polar surface area (TPSA) is 24.9 Å². The molecule has 1 saturated carbocycles. The summed E-state index contributed by atoms with van der Waals surface area (Å²) < 4.78 is 0. The van der Waals surface area contributed by atoms with Gasteiger partial charge in [0.1, 0.15) is 0 Å². The molecule has 0 spiro atoms. The Morgan fingerprint density at radius 2 is 2.06 bits per heavy atom. The summed E-state index contributed by atoms with van der Waals surface area (Å²) in [4.78, 5) is 4.03. The third-order valence-electron chi connectivity index (χ3n) is 4.00. The van der Waals surface area contributed by atoms with E-state index in [0.717, 1.165) is 13.0 Å². The predicted molar refractivity (Wildman–Crippen MR) is 67.4 cm³/mol. The van der Waals surface area contributed by atoms with Crippen LogP contribution in [-0.4, -0.2) is 18.1 Å². The molecule has 0 bridgehead atoms. The largest absolute Gasteiger partial charge is 0.316 e. The summed E-state index contributed by atoms with van der Waals surface area (Å²) in [6, 6.07) is 4.20. The highest BCUT2D eigenvalue weighted by atomic mass is 14.9. The monoisotopic (exact) mass is 218 g/mol. The lowest BCUT2D eigenvalue weighted by molar-refractivity contribution is 0.124. The number of hydrogen-bond donors (Lipinski definition) is 1. The van der Waals surface area contributed by atoms with E-state index in [1.165, 1.54) is 37.8 Å². The van der Waals surface area contributed by atoms with E-state index in [4.69, 9.17) is 0 Å². The van der Waals surface area contributed by atoms with Crippen LogP contribution >= 0.6 is 0 Å². The summed E-state index contributed by atoms with van der Waals surface area (Å²) >= 11 is 0. The van der Waals surface area contributed by atoms with Crippen molar-refractivity contribution in [3.05, 3.63) is 30.1 Å². The van der Waals surface area contributed by atoms with Crippen LogP contribution in [0.4, 0.5) is 0 Å². The van der Waals surface area contributed by atoms with Gasteiger partial charge in [-0.3, -0.25) is 4.98 Å². The van der Waals surface area contributed by atoms with Gasteiger partial charge in [-0.1, -0.05) is 13.3 Å². The quantitative estimate of drug-likeness (QED) is 0.743. The van der Waals surface area contributed by atoms with Crippen molar-refractivity contribution in [2.45, 2.75) is 39.0 Å². The molecule has 0 atom stereocenters. The van der Waals surface area contributed by atoms with Crippen LogP contribution in [-0.2, 0) is 6.42 Å². The van der Waals surface area contributed by atoms with Gasteiger partial charge in [-0.2, -0.15) is 0 Å². The van der Waals surface area contributed by atoms with Gasteiger partial charge in [0.05, 0.1) is 0 Å². The molecular weight excluding hydrogens is 196 g/mol. The Kier molecular flexibility index (Phi) is 3.94. The summed E-state index contributed by atoms with van der Waals surface area (Å²) in [5.41, 5.74) is 2.01. The fourth-order valence-electron chi connectivity index (χ4n) is 2.47. The Bertz CT molecular complexity index is 298. The first-order chi connectivity index (χ1) is 7.85. The van der Waals surface area contributed by atoms with Crippen molar-refractivity contribution in [2.75, 3.05) is 13.1 Å². The molecule has 88 valence electrons. The first-order valence-electron chi connectivity index (χ1n) is 6.44. The molecule has 2 heteroatoms. The van der Waals surface area contributed by atoms with Crippen molar-refractivity contribution in [3.63, 3.8) is 0 Å². The number of hydrogen-bond acceptors (Lipinski definition) is 2. The third kappa shape index (κ3) is 2.82. The van der Waals surface area contributed by atoms with Crippen LogP contribution in [0.15, 0.2) is 24.5 Å². The summed E-state index contributed by atoms with van der Waals surface area (Å²) in [5, 5.41) is 3.61. The van der Waals surface area contributed by atoms with Crippen molar-refractivity contribution in [2.24, 2.45) is 5.41 Å². The lowest BCUT2D eigenvalue weighted by Gasteiger charge is -2.41. The maximum absolute atomic E-state index is 4.03. The Balaban J connectivity index is 1.65. The molecule has 16 heavy (non-hydrogen) atoms. The standard InChI is InChI=1S/C14H22N2/c1-2-14(7-3-8-14)12-16-11-6-13-4-9-15-10-5-13/h4-5,9-10,16H,2-3,6-8,11-12H2,1H3. The number of nitrogens with one attached hydrogen (secondary N) is 1. The van der Waals surface area contributed by atoms with Gasteiger partial charge in [0, 0.05) is 18.9 Å². The smallest absolute Gasteiger partial charge is 0.0270 e. The van der Waals surface area contributed by atoms with Gasteiger partial charge in [-0.05, 0) is 55.3 Å². The molecule has 0 saturated heterocycles. The van der Waals surface area contributed by atoms with E-state index < -0.39 is 0 Å². The minimum Gasteiger partial charge on any atom is -0.316 e. The molecule has 1 aromatic rings. The normalized spacial score (nSPS) is 18.1. The lowest BCUT2D eigenvalue weighted by Crippen LogP contribution is -2.40. The number of aromatic nitrogens is 1. The molecule has 0 amide bonds. The van der Waals surface area contributed by atoms with Crippen molar-refractivity contribution in [1.29, 1.82) is 0 Å². The molecule has 1 aliphatic carbocycles. The molecular formula is C14H22N2. The number of nitrogens with zero attached hydrogens (tertiary/aromatic N) is 1. The van der Waals surface area contributed by atoms with Crippen molar-refractivity contribution < 1.29 is 0 Å². The van der Waals surface area contributed by atoms with Crippen molar-refractivity contribution >= 4 is 0 Å². The zero-order chi connectivity index (χ0) is 11.3. The molecule has 2 nitrogen and oxygen atoms in total. The number of pyridine rings is 1. The fraction of sp³-hybridized carbons (Fsp3) is 0.643. The highest BCUT2D eigenvalue weighted by Crippen LogP contribution is 2.42. The minimum atomic E-state index is 0.637. The van der Waals surface area contributed by atoms with Crippen LogP contribution in [0.1, 0.15) is 38.2 Å². The van der Waals surface area contributed by atoms with E-state index >= 15 is 0 Å². The van der Waals surface area contributed by atoms with Gasteiger partial charge >= 0.3 is 0 Å². The first kappa shape index (κ1) is 11.6. The van der Waals surface area contributed by atoms with E-state index in [-0.39, 0.29) is 0 Å². The zero-order valence-electron chi connectivity index (χ0n) is 10.2. The van der Waals surface area contributed by atoms with Crippen LogP contribution in [0.3, 0.4) is 0 Å². The summed E-state index contributed by atoms with van der Waals surface area (Å²) in [6.07, 6.45) is 10.5. The zero-order valence-corrected chi connectivity index (χ0v) is 10.2. The van der Waals surface area contributed by atoms with Gasteiger partial charge in [-0.25, -0.2) is 0 Å². The third-order valence-corrected chi connectivity index (χ3v) is 4.00. The Labute approximate surface area is 98.5 Å². The van der Waals surface area contributed by atoms with Gasteiger partial charge in [0.15, 0.2) is 0 Å². The molecule has 0 unspecified atom stereocenters. The molecule has 2 rings (SSSR count). The highest BCUT2D eigenvalue weighted by Gasteiger charge is 2.34. The van der Waals surface area contributed by atoms with Gasteiger partial charge in [0.2, 0.25) is 0 Å². The van der Waals surface area contributed by atoms with Crippen LogP contribution in [0.5, 0.6) is 0 Å². The van der Waals surface area contributed by atoms with Crippen LogP contribution in [0.25, 0.3) is 0 Å². The molecule has 0 aliphatic heterocycles. The fourth-order valence-corrected chi connectivity index (χ4v) is 2.47. The molecule has 1 aliphatic rings. The summed E-state index contributed by atoms with van der Waals surface area (Å²) in [5.74, 6) is 0. The second-order valence-corrected chi connectivity index (χ2v) is 4.99. The van der Waals surface area contributed by atoms with Gasteiger partial charge in [0.25, 0.3) is 0 Å². The molecule has 1 fully saturated rings. The summed E-state index contributed by atoms with van der Waals surface area (Å²) in [6.45, 7) is 4.62. The first-order valence-corrected chi connectivity index (χ1v) is 6.44. The molecule has 0 aromatic carbocycles. The SMILES string of the molecule is CCC1(CNCCc2ccncc2)CCC1. The molecule has 1 heterocycles. The molecule has 0 radical (unpaired) electrons. The predicted octanol–water partition coefficient (Wildman–Crippen LogP) is 2.79. The van der Waals surface area contributed by atoms with Crippen molar-refractivity contribution in [3.8, 4) is 0 Å². The average Bonchev–Trinajstić information content (AvgIpc) is 2.29. The average molecular weight is 218 g/mol. The van der Waals surface area contributed by atoms with Crippen LogP contribution < -0.4 is 5.32 Å². The second kappa shape index (κ2) is 5.44. The van der Waals surface area contributed by atoms with E-state index in [2.05, 4.69) is 29.4 Å². The maximum Gasteiger partial charge on any atom is 0.0270 e. The number of rotatable bonds is 6. The van der Waals surface area contributed by atoms with Crippen LogP contribution in [0.2, 0.25) is 0 Å². The van der Waals surface area contributed by atoms with Crippen LogP contribution in [0, 0.1) is 5.41 Å². The lowest BCUT2D eigenvalue weighted by atomic mass is 9.67. The molecule has 1 aromatic heterocycles. The Morgan fingerprint density at radius 3 is 2.62 bits per heavy atom. The minimum absolute atomic E-state index is 0.637. The summed E-state index contributed by atoms with van der Waals surface area (Å²) in [7, 11) is 0. The second-order valence-electron chi connectivity index (χ2n) is 4.99. The van der Waals surface area contributed by atoms with E-state index in [1.807, 2.05) is 12.4 Å². The van der Waals surface area contributed by atoms with E-state index in [0.29, 0.717) is 5.41 Å². The van der Waals surface area contributed by atoms with E-state index in [9.17, 15) is 0 Å². The van der Waals surface area contributed by atoms with Crippen molar-refractivity contribution in [1.82, 2.24) is 10.3 Å². The van der Waals surface area contributed by atoms with Gasteiger partial charge < -0.3 is 5.32 Å². The molecule has 1 N–H and O–H groups in total.